The highest BCUT2D eigenvalue weighted by Crippen LogP contribution is 2.23. The van der Waals surface area contributed by atoms with Gasteiger partial charge in [0.05, 0.1) is 0 Å². The third kappa shape index (κ3) is 2.01. The molecule has 0 aliphatic heterocycles. The molecule has 2 heteroatoms. The number of halogens is 1. The number of benzene rings is 1. The first-order chi connectivity index (χ1) is 6.79. The molecule has 1 nitrogen and oxygen atoms in total. The third-order valence-electron chi connectivity index (χ3n) is 2.21. The van der Waals surface area contributed by atoms with Crippen LogP contribution in [-0.2, 0) is 6.42 Å². The van der Waals surface area contributed by atoms with Gasteiger partial charge in [-0.05, 0) is 24.6 Å². The van der Waals surface area contributed by atoms with Crippen molar-refractivity contribution in [1.82, 2.24) is 0 Å². The van der Waals surface area contributed by atoms with Crippen LogP contribution in [0.4, 0.5) is 0 Å². The van der Waals surface area contributed by atoms with Crippen molar-refractivity contribution >= 4 is 26.9 Å². The average molecular weight is 252 g/mol. The van der Waals surface area contributed by atoms with E-state index in [9.17, 15) is 0 Å². The van der Waals surface area contributed by atoms with E-state index in [2.05, 4.69) is 28.9 Å². The van der Waals surface area contributed by atoms with Crippen molar-refractivity contribution in [3.63, 3.8) is 0 Å². The third-order valence-corrected chi connectivity index (χ3v) is 2.70. The van der Waals surface area contributed by atoms with Gasteiger partial charge in [0.2, 0.25) is 0 Å². The van der Waals surface area contributed by atoms with E-state index < -0.39 is 0 Å². The molecule has 0 atom stereocenters. The minimum Gasteiger partial charge on any atom is -0.460 e. The summed E-state index contributed by atoms with van der Waals surface area (Å²) in [5.74, 6) is 0.972. The molecule has 0 aliphatic rings. The molecule has 0 unspecified atom stereocenters. The molecule has 0 N–H and O–H groups in total. The first-order valence-corrected chi connectivity index (χ1v) is 5.69. The van der Waals surface area contributed by atoms with Gasteiger partial charge >= 0.3 is 0 Å². The Morgan fingerprint density at radius 1 is 1.43 bits per heavy atom. The van der Waals surface area contributed by atoms with Crippen LogP contribution in [0, 0.1) is 6.07 Å². The molecule has 0 saturated heterocycles. The molecular formula is C12H12BrO. The largest absolute Gasteiger partial charge is 0.460 e. The molecule has 0 amide bonds. The van der Waals surface area contributed by atoms with Crippen LogP contribution in [0.3, 0.4) is 0 Å². The molecule has 1 heterocycles. The van der Waals surface area contributed by atoms with Crippen LogP contribution in [0.15, 0.2) is 27.1 Å². The number of fused-ring (bicyclic) bond motifs is 1. The van der Waals surface area contributed by atoms with E-state index in [0.717, 1.165) is 34.0 Å². The van der Waals surface area contributed by atoms with E-state index >= 15 is 0 Å². The van der Waals surface area contributed by atoms with Crippen molar-refractivity contribution in [3.8, 4) is 0 Å². The van der Waals surface area contributed by atoms with E-state index in [1.807, 2.05) is 18.2 Å². The molecule has 0 bridgehead atoms. The molecule has 14 heavy (non-hydrogen) atoms. The quantitative estimate of drug-likeness (QED) is 0.792. The highest BCUT2D eigenvalue weighted by atomic mass is 79.9. The average Bonchev–Trinajstić information content (AvgIpc) is 2.56. The predicted octanol–water partition coefficient (Wildman–Crippen LogP) is 4.34. The second-order valence-electron chi connectivity index (χ2n) is 3.39. The number of hydrogen-bond donors (Lipinski definition) is 0. The standard InChI is InChI=1S/C12H12BrO/c1-2-3-4-11-8-9-7-10(13)5-6-12(9)14-11/h5-7H,2-4H2,1H3. The van der Waals surface area contributed by atoms with Crippen LogP contribution < -0.4 is 0 Å². The van der Waals surface area contributed by atoms with Gasteiger partial charge in [-0.1, -0.05) is 29.3 Å². The van der Waals surface area contributed by atoms with Crippen LogP contribution in [-0.4, -0.2) is 0 Å². The van der Waals surface area contributed by atoms with Gasteiger partial charge in [-0.25, -0.2) is 0 Å². The Kier molecular flexibility index (Phi) is 2.92. The highest BCUT2D eigenvalue weighted by Gasteiger charge is 2.03. The lowest BCUT2D eigenvalue weighted by molar-refractivity contribution is 0.535. The lowest BCUT2D eigenvalue weighted by atomic mass is 10.2. The number of aryl methyl sites for hydroxylation is 1. The van der Waals surface area contributed by atoms with Gasteiger partial charge in [0, 0.05) is 22.3 Å². The van der Waals surface area contributed by atoms with Gasteiger partial charge in [0.15, 0.2) is 0 Å². The monoisotopic (exact) mass is 251 g/mol. The fourth-order valence-electron chi connectivity index (χ4n) is 1.45. The van der Waals surface area contributed by atoms with Crippen molar-refractivity contribution in [2.75, 3.05) is 0 Å². The van der Waals surface area contributed by atoms with Crippen LogP contribution >= 0.6 is 15.9 Å². The van der Waals surface area contributed by atoms with E-state index in [1.54, 1.807) is 0 Å². The summed E-state index contributed by atoms with van der Waals surface area (Å²) in [4.78, 5) is 0. The Morgan fingerprint density at radius 2 is 2.29 bits per heavy atom. The molecule has 0 fully saturated rings. The number of furan rings is 1. The molecule has 2 rings (SSSR count). The minimum atomic E-state index is 0.930. The van der Waals surface area contributed by atoms with Gasteiger partial charge in [-0.2, -0.15) is 0 Å². The topological polar surface area (TPSA) is 13.1 Å². The van der Waals surface area contributed by atoms with Gasteiger partial charge < -0.3 is 4.42 Å². The second kappa shape index (κ2) is 4.18. The van der Waals surface area contributed by atoms with E-state index in [-0.39, 0.29) is 0 Å². The molecular weight excluding hydrogens is 240 g/mol. The fourth-order valence-corrected chi connectivity index (χ4v) is 1.81. The van der Waals surface area contributed by atoms with Crippen LogP contribution in [0.2, 0.25) is 0 Å². The van der Waals surface area contributed by atoms with Crippen molar-refractivity contribution in [2.24, 2.45) is 0 Å². The predicted molar refractivity (Wildman–Crippen MR) is 61.4 cm³/mol. The maximum Gasteiger partial charge on any atom is 0.135 e. The summed E-state index contributed by atoms with van der Waals surface area (Å²) in [6.45, 7) is 2.18. The zero-order valence-corrected chi connectivity index (χ0v) is 9.73. The van der Waals surface area contributed by atoms with E-state index in [4.69, 9.17) is 4.42 Å². The molecule has 0 saturated carbocycles. The van der Waals surface area contributed by atoms with Crippen LogP contribution in [0.1, 0.15) is 25.5 Å². The smallest absolute Gasteiger partial charge is 0.135 e. The summed E-state index contributed by atoms with van der Waals surface area (Å²) in [5.41, 5.74) is 0.930. The first-order valence-electron chi connectivity index (χ1n) is 4.90. The fraction of sp³-hybridized carbons (Fsp3) is 0.333. The Morgan fingerprint density at radius 3 is 3.07 bits per heavy atom. The number of hydrogen-bond acceptors (Lipinski definition) is 1. The second-order valence-corrected chi connectivity index (χ2v) is 4.31. The Balaban J connectivity index is 2.32. The molecule has 0 spiro atoms. The summed E-state index contributed by atoms with van der Waals surface area (Å²) >= 11 is 3.43. The number of unbranched alkanes of at least 4 members (excludes halogenated alkanes) is 1. The molecule has 1 aromatic heterocycles. The minimum absolute atomic E-state index is 0.930. The molecule has 73 valence electrons. The lowest BCUT2D eigenvalue weighted by Gasteiger charge is -1.90. The lowest BCUT2D eigenvalue weighted by Crippen LogP contribution is -1.78. The van der Waals surface area contributed by atoms with Crippen LogP contribution in [0.5, 0.6) is 0 Å². The molecule has 0 aliphatic carbocycles. The zero-order valence-electron chi connectivity index (χ0n) is 8.14. The maximum absolute atomic E-state index is 5.65. The van der Waals surface area contributed by atoms with Gasteiger partial charge in [0.25, 0.3) is 0 Å². The molecule has 1 aromatic carbocycles. The van der Waals surface area contributed by atoms with Crippen molar-refractivity contribution in [3.05, 3.63) is 34.5 Å². The van der Waals surface area contributed by atoms with E-state index in [0.29, 0.717) is 0 Å². The van der Waals surface area contributed by atoms with Gasteiger partial charge in [0.1, 0.15) is 11.3 Å². The number of rotatable bonds is 3. The summed E-state index contributed by atoms with van der Waals surface area (Å²) in [6, 6.07) is 9.28. The Bertz CT molecular complexity index is 431. The molecule has 1 radical (unpaired) electrons. The van der Waals surface area contributed by atoms with Gasteiger partial charge in [-0.3, -0.25) is 0 Å². The maximum atomic E-state index is 5.65. The summed E-state index contributed by atoms with van der Waals surface area (Å²) < 4.78 is 6.72. The summed E-state index contributed by atoms with van der Waals surface area (Å²) in [7, 11) is 0. The first kappa shape index (κ1) is 9.78. The SMILES string of the molecule is CCCCc1[c]c2cc(Br)ccc2o1. The highest BCUT2D eigenvalue weighted by molar-refractivity contribution is 9.10. The van der Waals surface area contributed by atoms with Crippen molar-refractivity contribution in [2.45, 2.75) is 26.2 Å². The van der Waals surface area contributed by atoms with E-state index in [1.165, 1.54) is 6.42 Å². The zero-order chi connectivity index (χ0) is 9.97. The summed E-state index contributed by atoms with van der Waals surface area (Å²) in [6.07, 6.45) is 3.34. The molecule has 2 aromatic rings. The summed E-state index contributed by atoms with van der Waals surface area (Å²) in [5, 5.41) is 1.06. The van der Waals surface area contributed by atoms with Crippen molar-refractivity contribution in [1.29, 1.82) is 0 Å². The normalized spacial score (nSPS) is 11.0. The Labute approximate surface area is 92.2 Å². The van der Waals surface area contributed by atoms with Crippen LogP contribution in [0.25, 0.3) is 11.0 Å². The van der Waals surface area contributed by atoms with Gasteiger partial charge in [-0.15, -0.1) is 0 Å². The van der Waals surface area contributed by atoms with Crippen molar-refractivity contribution < 1.29 is 4.42 Å². The Hall–Kier alpha value is -0.760.